The summed E-state index contributed by atoms with van der Waals surface area (Å²) in [7, 11) is 0. The van der Waals surface area contributed by atoms with Gasteiger partial charge in [-0.3, -0.25) is 0 Å². The molecule has 2 atom stereocenters. The van der Waals surface area contributed by atoms with E-state index in [0.717, 1.165) is 24.6 Å². The van der Waals surface area contributed by atoms with Crippen molar-refractivity contribution in [1.29, 1.82) is 0 Å². The topological polar surface area (TPSA) is 25.2 Å². The summed E-state index contributed by atoms with van der Waals surface area (Å²) in [6.07, 6.45) is 2.81. The lowest BCUT2D eigenvalue weighted by molar-refractivity contribution is 0.340. The second-order valence-corrected chi connectivity index (χ2v) is 4.61. The van der Waals surface area contributed by atoms with Gasteiger partial charge in [-0.1, -0.05) is 27.7 Å². The Labute approximate surface area is 93.1 Å². The molecule has 1 heterocycles. The molecule has 2 nitrogen and oxygen atoms in total. The fourth-order valence-electron chi connectivity index (χ4n) is 1.50. The Morgan fingerprint density at radius 1 is 1.33 bits per heavy atom. The van der Waals surface area contributed by atoms with Crippen LogP contribution in [0, 0.1) is 11.8 Å². The molecule has 2 unspecified atom stereocenters. The van der Waals surface area contributed by atoms with Gasteiger partial charge in [0.05, 0.1) is 12.3 Å². The van der Waals surface area contributed by atoms with Crippen molar-refractivity contribution in [3.8, 4) is 0 Å². The molecule has 1 N–H and O–H groups in total. The van der Waals surface area contributed by atoms with E-state index in [0.29, 0.717) is 12.0 Å². The van der Waals surface area contributed by atoms with E-state index in [1.165, 1.54) is 0 Å². The Morgan fingerprint density at radius 3 is 2.53 bits per heavy atom. The first-order valence-corrected chi connectivity index (χ1v) is 5.92. The van der Waals surface area contributed by atoms with E-state index in [-0.39, 0.29) is 0 Å². The second kappa shape index (κ2) is 5.96. The number of hydrogen-bond acceptors (Lipinski definition) is 2. The summed E-state index contributed by atoms with van der Waals surface area (Å²) >= 11 is 0. The van der Waals surface area contributed by atoms with Crippen molar-refractivity contribution in [3.63, 3.8) is 0 Å². The summed E-state index contributed by atoms with van der Waals surface area (Å²) in [5, 5.41) is 3.56. The van der Waals surface area contributed by atoms with Crippen LogP contribution in [0.5, 0.6) is 0 Å². The summed E-state index contributed by atoms with van der Waals surface area (Å²) in [6, 6.07) is 4.36. The number of nitrogens with one attached hydrogen (secondary N) is 1. The second-order valence-electron chi connectivity index (χ2n) is 4.61. The molecule has 0 bridgehead atoms. The van der Waals surface area contributed by atoms with Gasteiger partial charge in [0.2, 0.25) is 0 Å². The quantitative estimate of drug-likeness (QED) is 0.774. The molecular formula is C13H23NO. The molecule has 0 aromatic carbocycles. The van der Waals surface area contributed by atoms with Gasteiger partial charge < -0.3 is 9.73 Å². The summed E-state index contributed by atoms with van der Waals surface area (Å²) in [4.78, 5) is 0. The maximum Gasteiger partial charge on any atom is 0.120 e. The SMILES string of the molecule is CCC(NCC(C)C(C)C)c1ccco1. The first-order valence-electron chi connectivity index (χ1n) is 5.92. The molecule has 0 fully saturated rings. The maximum atomic E-state index is 5.42. The van der Waals surface area contributed by atoms with Crippen molar-refractivity contribution in [3.05, 3.63) is 24.2 Å². The number of hydrogen-bond donors (Lipinski definition) is 1. The minimum absolute atomic E-state index is 0.362. The van der Waals surface area contributed by atoms with Gasteiger partial charge >= 0.3 is 0 Å². The smallest absolute Gasteiger partial charge is 0.120 e. The zero-order chi connectivity index (χ0) is 11.3. The van der Waals surface area contributed by atoms with E-state index in [1.807, 2.05) is 12.1 Å². The maximum absolute atomic E-state index is 5.42. The first kappa shape index (κ1) is 12.3. The van der Waals surface area contributed by atoms with Crippen molar-refractivity contribution in [2.45, 2.75) is 40.2 Å². The van der Waals surface area contributed by atoms with Crippen LogP contribution in [-0.4, -0.2) is 6.54 Å². The molecule has 1 aromatic rings. The van der Waals surface area contributed by atoms with Crippen LogP contribution in [0.3, 0.4) is 0 Å². The van der Waals surface area contributed by atoms with Gasteiger partial charge in [0, 0.05) is 0 Å². The molecule has 0 aliphatic rings. The molecule has 86 valence electrons. The van der Waals surface area contributed by atoms with E-state index in [2.05, 4.69) is 33.0 Å². The Balaban J connectivity index is 2.42. The summed E-state index contributed by atoms with van der Waals surface area (Å²) in [5.74, 6) is 2.48. The van der Waals surface area contributed by atoms with Gasteiger partial charge in [-0.25, -0.2) is 0 Å². The minimum atomic E-state index is 0.362. The van der Waals surface area contributed by atoms with Gasteiger partial charge in [0.1, 0.15) is 5.76 Å². The summed E-state index contributed by atoms with van der Waals surface area (Å²) in [5.41, 5.74) is 0. The number of furan rings is 1. The van der Waals surface area contributed by atoms with Crippen LogP contribution in [0.25, 0.3) is 0 Å². The van der Waals surface area contributed by atoms with E-state index in [1.54, 1.807) is 6.26 Å². The molecule has 0 aliphatic heterocycles. The fourth-order valence-corrected chi connectivity index (χ4v) is 1.50. The Kier molecular flexibility index (Phi) is 4.89. The molecule has 1 aromatic heterocycles. The van der Waals surface area contributed by atoms with Gasteiger partial charge in [-0.05, 0) is 36.9 Å². The lowest BCUT2D eigenvalue weighted by Crippen LogP contribution is -2.27. The van der Waals surface area contributed by atoms with Gasteiger partial charge in [0.25, 0.3) is 0 Å². The third-order valence-corrected chi connectivity index (χ3v) is 3.12. The monoisotopic (exact) mass is 209 g/mol. The van der Waals surface area contributed by atoms with Crippen LogP contribution in [0.1, 0.15) is 45.9 Å². The van der Waals surface area contributed by atoms with Crippen molar-refractivity contribution in [2.24, 2.45) is 11.8 Å². The molecule has 0 saturated carbocycles. The summed E-state index contributed by atoms with van der Waals surface area (Å²) in [6.45, 7) is 10.0. The largest absolute Gasteiger partial charge is 0.468 e. The van der Waals surface area contributed by atoms with Crippen LogP contribution in [0.4, 0.5) is 0 Å². The lowest BCUT2D eigenvalue weighted by Gasteiger charge is -2.20. The van der Waals surface area contributed by atoms with Crippen molar-refractivity contribution in [2.75, 3.05) is 6.54 Å². The molecule has 0 amide bonds. The zero-order valence-electron chi connectivity index (χ0n) is 10.3. The average Bonchev–Trinajstić information content (AvgIpc) is 2.71. The molecule has 1 rings (SSSR count). The van der Waals surface area contributed by atoms with Crippen molar-refractivity contribution >= 4 is 0 Å². The van der Waals surface area contributed by atoms with Gasteiger partial charge in [-0.2, -0.15) is 0 Å². The molecule has 0 spiro atoms. The molecule has 0 saturated heterocycles. The fraction of sp³-hybridized carbons (Fsp3) is 0.692. The highest BCUT2D eigenvalue weighted by atomic mass is 16.3. The van der Waals surface area contributed by atoms with Crippen molar-refractivity contribution in [1.82, 2.24) is 5.32 Å². The van der Waals surface area contributed by atoms with Crippen LogP contribution in [-0.2, 0) is 0 Å². The molecule has 0 radical (unpaired) electrons. The normalized spacial score (nSPS) is 15.5. The van der Waals surface area contributed by atoms with Gasteiger partial charge in [0.15, 0.2) is 0 Å². The van der Waals surface area contributed by atoms with Crippen LogP contribution in [0.15, 0.2) is 22.8 Å². The third kappa shape index (κ3) is 3.71. The highest BCUT2D eigenvalue weighted by Gasteiger charge is 2.13. The highest BCUT2D eigenvalue weighted by Crippen LogP contribution is 2.18. The van der Waals surface area contributed by atoms with Crippen LogP contribution >= 0.6 is 0 Å². The predicted molar refractivity (Wildman–Crippen MR) is 63.7 cm³/mol. The van der Waals surface area contributed by atoms with Crippen molar-refractivity contribution < 1.29 is 4.42 Å². The average molecular weight is 209 g/mol. The minimum Gasteiger partial charge on any atom is -0.468 e. The zero-order valence-corrected chi connectivity index (χ0v) is 10.3. The number of rotatable bonds is 6. The molecule has 2 heteroatoms. The Hall–Kier alpha value is -0.760. The Bertz CT molecular complexity index is 254. The van der Waals surface area contributed by atoms with E-state index in [9.17, 15) is 0 Å². The third-order valence-electron chi connectivity index (χ3n) is 3.12. The first-order chi connectivity index (χ1) is 7.15. The van der Waals surface area contributed by atoms with E-state index in [4.69, 9.17) is 4.42 Å². The highest BCUT2D eigenvalue weighted by molar-refractivity contribution is 5.03. The van der Waals surface area contributed by atoms with Crippen LogP contribution in [0.2, 0.25) is 0 Å². The summed E-state index contributed by atoms with van der Waals surface area (Å²) < 4.78 is 5.42. The van der Waals surface area contributed by atoms with E-state index < -0.39 is 0 Å². The lowest BCUT2D eigenvalue weighted by atomic mass is 9.97. The predicted octanol–water partition coefficient (Wildman–Crippen LogP) is 3.61. The van der Waals surface area contributed by atoms with Crippen LogP contribution < -0.4 is 5.32 Å². The molecular weight excluding hydrogens is 186 g/mol. The standard InChI is InChI=1S/C13H23NO/c1-5-12(13-7-6-8-15-13)14-9-11(4)10(2)3/h6-8,10-12,14H,5,9H2,1-4H3. The molecule has 15 heavy (non-hydrogen) atoms. The van der Waals surface area contributed by atoms with E-state index >= 15 is 0 Å². The Morgan fingerprint density at radius 2 is 2.07 bits per heavy atom. The molecule has 0 aliphatic carbocycles. The van der Waals surface area contributed by atoms with Gasteiger partial charge in [-0.15, -0.1) is 0 Å².